The van der Waals surface area contributed by atoms with Crippen molar-refractivity contribution in [3.05, 3.63) is 47.2 Å². The number of anilines is 1. The Hall–Kier alpha value is -3.46. The van der Waals surface area contributed by atoms with Crippen LogP contribution in [0.25, 0.3) is 5.57 Å². The van der Waals surface area contributed by atoms with Crippen molar-refractivity contribution in [1.29, 1.82) is 0 Å². The normalized spacial score (nSPS) is 18.5. The highest BCUT2D eigenvalue weighted by Crippen LogP contribution is 2.50. The van der Waals surface area contributed by atoms with Gasteiger partial charge in [0, 0.05) is 43.0 Å². The van der Waals surface area contributed by atoms with E-state index in [-0.39, 0.29) is 68.8 Å². The molecule has 0 aromatic heterocycles. The smallest absolute Gasteiger partial charge is 0.303 e. The molecule has 0 fully saturated rings. The van der Waals surface area contributed by atoms with E-state index in [1.54, 1.807) is 6.07 Å². The third-order valence-electron chi connectivity index (χ3n) is 5.92. The van der Waals surface area contributed by atoms with Crippen LogP contribution in [0.3, 0.4) is 0 Å². The van der Waals surface area contributed by atoms with Gasteiger partial charge in [-0.1, -0.05) is 12.1 Å². The monoisotopic (exact) mass is 456 g/mol. The minimum absolute atomic E-state index is 0.0224. The maximum Gasteiger partial charge on any atom is 0.303 e. The number of hydrogen-bond donors (Lipinski definition) is 5. The summed E-state index contributed by atoms with van der Waals surface area (Å²) in [5.41, 5.74) is 4.28. The lowest BCUT2D eigenvalue weighted by Gasteiger charge is -2.24. The summed E-state index contributed by atoms with van der Waals surface area (Å²) in [6.07, 6.45) is 4.95. The van der Waals surface area contributed by atoms with Crippen molar-refractivity contribution in [2.75, 3.05) is 11.9 Å². The van der Waals surface area contributed by atoms with Crippen molar-refractivity contribution in [2.45, 2.75) is 50.9 Å². The van der Waals surface area contributed by atoms with Gasteiger partial charge in [0.2, 0.25) is 11.8 Å². The number of carboxylic acid groups (broad SMARTS) is 2. The van der Waals surface area contributed by atoms with E-state index in [0.29, 0.717) is 12.1 Å². The summed E-state index contributed by atoms with van der Waals surface area (Å²) in [5, 5.41) is 33.1. The van der Waals surface area contributed by atoms with Gasteiger partial charge in [0.15, 0.2) is 0 Å². The number of carboxylic acids is 2. The van der Waals surface area contributed by atoms with E-state index in [2.05, 4.69) is 10.6 Å². The van der Waals surface area contributed by atoms with Crippen LogP contribution in [-0.2, 0) is 19.2 Å². The van der Waals surface area contributed by atoms with Gasteiger partial charge in [-0.25, -0.2) is 0 Å². The predicted octanol–water partition coefficient (Wildman–Crippen LogP) is 2.63. The molecule has 5 N–H and O–H groups in total. The molecule has 0 bridgehead atoms. The van der Waals surface area contributed by atoms with E-state index < -0.39 is 11.9 Å². The van der Waals surface area contributed by atoms with Crippen molar-refractivity contribution in [1.82, 2.24) is 5.32 Å². The number of benzene rings is 1. The van der Waals surface area contributed by atoms with Crippen molar-refractivity contribution >= 4 is 35.0 Å². The molecule has 3 rings (SSSR count). The minimum atomic E-state index is -0.938. The number of carbonyl (C=O) groups excluding carboxylic acids is 2. The van der Waals surface area contributed by atoms with E-state index in [9.17, 15) is 24.3 Å². The lowest BCUT2D eigenvalue weighted by molar-refractivity contribution is -0.138. The fourth-order valence-electron chi connectivity index (χ4n) is 4.39. The summed E-state index contributed by atoms with van der Waals surface area (Å²) in [5.74, 6) is -2.58. The van der Waals surface area contributed by atoms with Gasteiger partial charge in [-0.3, -0.25) is 19.2 Å². The summed E-state index contributed by atoms with van der Waals surface area (Å²) >= 11 is 0. The number of carbonyl (C=O) groups is 4. The van der Waals surface area contributed by atoms with Gasteiger partial charge in [0.25, 0.3) is 0 Å². The molecule has 0 saturated heterocycles. The molecule has 0 spiro atoms. The highest BCUT2D eigenvalue weighted by atomic mass is 16.4. The number of nitrogens with one attached hydrogen (secondary N) is 2. The second kappa shape index (κ2) is 10.9. The van der Waals surface area contributed by atoms with Gasteiger partial charge in [0.1, 0.15) is 0 Å². The Labute approximate surface area is 191 Å². The quantitative estimate of drug-likeness (QED) is 0.343. The molecule has 9 heteroatoms. The predicted molar refractivity (Wildman–Crippen MR) is 120 cm³/mol. The van der Waals surface area contributed by atoms with E-state index >= 15 is 0 Å². The molecule has 0 heterocycles. The molecular formula is C24H28N2O7. The molecule has 1 aromatic carbocycles. The lowest BCUT2D eigenvalue weighted by Crippen LogP contribution is -2.26. The molecule has 0 saturated carbocycles. The fraction of sp³-hybridized carbons (Fsp3) is 0.417. The molecule has 176 valence electrons. The van der Waals surface area contributed by atoms with Crippen LogP contribution in [0, 0.1) is 5.92 Å². The molecule has 2 atom stereocenters. The number of aliphatic carboxylic acids is 2. The third kappa shape index (κ3) is 6.29. The van der Waals surface area contributed by atoms with Crippen LogP contribution in [0.15, 0.2) is 36.0 Å². The van der Waals surface area contributed by atoms with Gasteiger partial charge < -0.3 is 26.0 Å². The first-order valence-corrected chi connectivity index (χ1v) is 11.0. The number of rotatable bonds is 11. The van der Waals surface area contributed by atoms with Crippen LogP contribution < -0.4 is 10.6 Å². The highest BCUT2D eigenvalue weighted by Gasteiger charge is 2.38. The summed E-state index contributed by atoms with van der Waals surface area (Å²) in [4.78, 5) is 45.4. The fourth-order valence-corrected chi connectivity index (χ4v) is 4.39. The van der Waals surface area contributed by atoms with Gasteiger partial charge in [0.05, 0.1) is 6.61 Å². The minimum Gasteiger partial charge on any atom is -0.481 e. The van der Waals surface area contributed by atoms with Crippen molar-refractivity contribution in [3.63, 3.8) is 0 Å². The van der Waals surface area contributed by atoms with Crippen LogP contribution in [-0.4, -0.2) is 45.7 Å². The first kappa shape index (κ1) is 24.2. The Morgan fingerprint density at radius 2 is 1.52 bits per heavy atom. The first-order chi connectivity index (χ1) is 15.8. The van der Waals surface area contributed by atoms with Gasteiger partial charge in [-0.15, -0.1) is 0 Å². The number of allylic oxidation sites excluding steroid dienone is 4. The van der Waals surface area contributed by atoms with Gasteiger partial charge in [-0.2, -0.15) is 0 Å². The van der Waals surface area contributed by atoms with Crippen LogP contribution in [0.1, 0.15) is 62.0 Å². The maximum atomic E-state index is 12.1. The number of hydrogen-bond acceptors (Lipinski definition) is 5. The number of fused-ring (bicyclic) bond motifs is 3. The molecule has 2 unspecified atom stereocenters. The van der Waals surface area contributed by atoms with E-state index in [4.69, 9.17) is 10.2 Å². The Morgan fingerprint density at radius 3 is 2.12 bits per heavy atom. The van der Waals surface area contributed by atoms with E-state index in [1.807, 2.05) is 24.3 Å². The van der Waals surface area contributed by atoms with E-state index in [0.717, 1.165) is 22.4 Å². The molecule has 2 aliphatic rings. The largest absolute Gasteiger partial charge is 0.481 e. The van der Waals surface area contributed by atoms with Crippen molar-refractivity contribution in [2.24, 2.45) is 5.92 Å². The average molecular weight is 456 g/mol. The zero-order valence-corrected chi connectivity index (χ0v) is 18.2. The zero-order valence-electron chi connectivity index (χ0n) is 18.2. The molecule has 33 heavy (non-hydrogen) atoms. The summed E-state index contributed by atoms with van der Waals surface area (Å²) in [7, 11) is 0. The van der Waals surface area contributed by atoms with Crippen LogP contribution >= 0.6 is 0 Å². The van der Waals surface area contributed by atoms with E-state index in [1.165, 1.54) is 0 Å². The Balaban J connectivity index is 1.66. The van der Waals surface area contributed by atoms with Crippen LogP contribution in [0.2, 0.25) is 0 Å². The van der Waals surface area contributed by atoms with Crippen molar-refractivity contribution < 1.29 is 34.5 Å². The molecule has 2 aliphatic carbocycles. The number of amides is 2. The van der Waals surface area contributed by atoms with Crippen LogP contribution in [0.4, 0.5) is 5.69 Å². The molecule has 0 radical (unpaired) electrons. The summed E-state index contributed by atoms with van der Waals surface area (Å²) in [6.45, 7) is -0.0924. The molecular weight excluding hydrogens is 428 g/mol. The molecule has 2 amide bonds. The topological polar surface area (TPSA) is 153 Å². The van der Waals surface area contributed by atoms with Gasteiger partial charge >= 0.3 is 11.9 Å². The third-order valence-corrected chi connectivity index (χ3v) is 5.92. The molecule has 0 aliphatic heterocycles. The summed E-state index contributed by atoms with van der Waals surface area (Å²) < 4.78 is 0. The average Bonchev–Trinajstić information content (AvgIpc) is 3.05. The molecule has 9 nitrogen and oxygen atoms in total. The number of aliphatic hydroxyl groups excluding tert-OH is 1. The van der Waals surface area contributed by atoms with Crippen molar-refractivity contribution in [3.8, 4) is 0 Å². The van der Waals surface area contributed by atoms with Gasteiger partial charge in [-0.05, 0) is 60.1 Å². The molecule has 1 aromatic rings. The van der Waals surface area contributed by atoms with Crippen LogP contribution in [0.5, 0.6) is 0 Å². The zero-order chi connectivity index (χ0) is 24.0. The first-order valence-electron chi connectivity index (χ1n) is 11.0. The SMILES string of the molecule is O=C(O)CCCC(=O)NC1=CC=C2c3ccc(NC(=O)CCCC(=O)O)cc3C(CO)C2C1. The Bertz CT molecular complexity index is 1010. The Kier molecular flexibility index (Phi) is 8.00. The Morgan fingerprint density at radius 1 is 0.879 bits per heavy atom. The standard InChI is InChI=1S/C24H28N2O7/c27-13-20-18-11-14(25-21(28)3-1-5-23(30)31)7-9-16(18)17-10-8-15(12-19(17)20)26-22(29)4-2-6-24(32)33/h7-11,19-20,27H,1-6,12-13H2,(H,25,28)(H,26,29)(H,30,31)(H,32,33). The summed E-state index contributed by atoms with van der Waals surface area (Å²) in [6, 6.07) is 5.53. The second-order valence-corrected chi connectivity index (χ2v) is 8.31. The second-order valence-electron chi connectivity index (χ2n) is 8.31. The maximum absolute atomic E-state index is 12.1. The number of aliphatic hydroxyl groups is 1. The lowest BCUT2D eigenvalue weighted by atomic mass is 9.84. The highest BCUT2D eigenvalue weighted by molar-refractivity contribution is 5.92.